The lowest BCUT2D eigenvalue weighted by Crippen LogP contribution is -2.64. The average Bonchev–Trinajstić information content (AvgIpc) is 3.03. The third-order valence-electron chi connectivity index (χ3n) is 5.23. The van der Waals surface area contributed by atoms with E-state index in [-0.39, 0.29) is 12.0 Å². The second-order valence-electron chi connectivity index (χ2n) is 7.26. The number of ether oxygens (including phenoxy) is 2. The van der Waals surface area contributed by atoms with Crippen LogP contribution < -0.4 is 17.0 Å². The largest absolute Gasteiger partial charge is 0.479 e. The summed E-state index contributed by atoms with van der Waals surface area (Å²) in [5.41, 5.74) is 4.94. The van der Waals surface area contributed by atoms with Gasteiger partial charge in [-0.2, -0.15) is 0 Å². The van der Waals surface area contributed by atoms with Gasteiger partial charge in [-0.25, -0.2) is 9.59 Å². The molecule has 0 aliphatic carbocycles. The van der Waals surface area contributed by atoms with Gasteiger partial charge in [-0.15, -0.1) is 0 Å². The minimum atomic E-state index is -1.90. The van der Waals surface area contributed by atoms with E-state index in [1.54, 1.807) is 0 Å². The highest BCUT2D eigenvalue weighted by Crippen LogP contribution is 2.33. The number of nitrogens with two attached hydrogens (primary N) is 1. The van der Waals surface area contributed by atoms with Crippen molar-refractivity contribution in [3.8, 4) is 0 Å². The van der Waals surface area contributed by atoms with Crippen LogP contribution in [0.5, 0.6) is 0 Å². The zero-order valence-electron chi connectivity index (χ0n) is 15.3. The SMILES string of the molecule is Cc1cn([C@H]2CC(N)[C@@H](C(O)[C@@H]3O[C@H](C(=O)O)[C@@H](O)[C@H](O)[C@H]3O)O2)c(=O)[nH]c1=O. The predicted octanol–water partition coefficient (Wildman–Crippen LogP) is -4.24. The number of carboxylic acid groups (broad SMARTS) is 1. The van der Waals surface area contributed by atoms with Crippen molar-refractivity contribution in [3.63, 3.8) is 0 Å². The van der Waals surface area contributed by atoms with E-state index in [0.717, 1.165) is 4.57 Å². The number of H-pyrrole nitrogens is 1. The van der Waals surface area contributed by atoms with Crippen molar-refractivity contribution in [2.24, 2.45) is 5.73 Å². The van der Waals surface area contributed by atoms with Gasteiger partial charge in [0.05, 0.1) is 0 Å². The third kappa shape index (κ3) is 3.85. The number of nitrogens with zero attached hydrogens (tertiary/aromatic N) is 1. The molecule has 3 heterocycles. The molecular weight excluding hydrogens is 394 g/mol. The monoisotopic (exact) mass is 417 g/mol. The van der Waals surface area contributed by atoms with E-state index in [2.05, 4.69) is 4.98 Å². The Kier molecular flexibility index (Phi) is 5.91. The molecule has 0 amide bonds. The van der Waals surface area contributed by atoms with Crippen LogP contribution in [0.3, 0.4) is 0 Å². The highest BCUT2D eigenvalue weighted by Gasteiger charge is 2.52. The summed E-state index contributed by atoms with van der Waals surface area (Å²) >= 11 is 0. The Morgan fingerprint density at radius 1 is 1.21 bits per heavy atom. The summed E-state index contributed by atoms with van der Waals surface area (Å²) in [5.74, 6) is -1.59. The predicted molar refractivity (Wildman–Crippen MR) is 92.9 cm³/mol. The topological polar surface area (TPSA) is 218 Å². The van der Waals surface area contributed by atoms with E-state index in [0.29, 0.717) is 0 Å². The van der Waals surface area contributed by atoms with Crippen LogP contribution in [0.25, 0.3) is 0 Å². The van der Waals surface area contributed by atoms with E-state index in [9.17, 15) is 34.8 Å². The standard InChI is InChI=1S/C16H23N3O10/c1-4-3-19(16(27)18-14(4)24)6-2-5(17)11(28-6)10(23)12-8(21)7(20)9(22)13(29-12)15(25)26/h3,5-13,20-23H,2,17H2,1H3,(H,25,26)(H,18,24,27)/t5?,6-,7-,8-,9+,10?,11+,12-,13+/m1/s1. The number of carboxylic acids is 1. The molecular formula is C16H23N3O10. The van der Waals surface area contributed by atoms with Gasteiger partial charge in [-0.05, 0) is 6.92 Å². The first-order chi connectivity index (χ1) is 13.5. The van der Waals surface area contributed by atoms with Crippen molar-refractivity contribution in [3.05, 3.63) is 32.6 Å². The highest BCUT2D eigenvalue weighted by molar-refractivity contribution is 5.73. The first-order valence-corrected chi connectivity index (χ1v) is 8.86. The van der Waals surface area contributed by atoms with Gasteiger partial charge >= 0.3 is 11.7 Å². The van der Waals surface area contributed by atoms with Crippen molar-refractivity contribution in [2.75, 3.05) is 0 Å². The Labute approximate surface area is 162 Å². The Morgan fingerprint density at radius 3 is 2.48 bits per heavy atom. The lowest BCUT2D eigenvalue weighted by molar-refractivity contribution is -0.255. The summed E-state index contributed by atoms with van der Waals surface area (Å²) in [6, 6.07) is -0.850. The lowest BCUT2D eigenvalue weighted by Gasteiger charge is -2.42. The summed E-state index contributed by atoms with van der Waals surface area (Å²) in [7, 11) is 0. The quantitative estimate of drug-likeness (QED) is 0.249. The molecule has 162 valence electrons. The maximum Gasteiger partial charge on any atom is 0.335 e. The van der Waals surface area contributed by atoms with Crippen LogP contribution in [0.4, 0.5) is 0 Å². The van der Waals surface area contributed by atoms with Crippen LogP contribution in [0, 0.1) is 6.92 Å². The van der Waals surface area contributed by atoms with E-state index in [1.165, 1.54) is 13.1 Å². The molecule has 13 heteroatoms. The van der Waals surface area contributed by atoms with Crippen LogP contribution in [0.1, 0.15) is 18.2 Å². The number of aromatic nitrogens is 2. The number of nitrogens with one attached hydrogen (secondary N) is 1. The van der Waals surface area contributed by atoms with E-state index in [1.807, 2.05) is 0 Å². The smallest absolute Gasteiger partial charge is 0.335 e. The summed E-state index contributed by atoms with van der Waals surface area (Å²) in [5, 5.41) is 49.5. The maximum atomic E-state index is 12.0. The molecule has 0 aromatic carbocycles. The van der Waals surface area contributed by atoms with E-state index in [4.69, 9.17) is 20.3 Å². The summed E-state index contributed by atoms with van der Waals surface area (Å²) in [4.78, 5) is 36.9. The molecule has 2 unspecified atom stereocenters. The zero-order chi connectivity index (χ0) is 21.6. The molecule has 2 fully saturated rings. The molecule has 2 aliphatic heterocycles. The number of aliphatic hydroxyl groups is 4. The number of hydrogen-bond donors (Lipinski definition) is 7. The van der Waals surface area contributed by atoms with Crippen LogP contribution >= 0.6 is 0 Å². The van der Waals surface area contributed by atoms with Crippen molar-refractivity contribution >= 4 is 5.97 Å². The minimum Gasteiger partial charge on any atom is -0.479 e. The summed E-state index contributed by atoms with van der Waals surface area (Å²) in [6.07, 6.45) is -11.6. The first kappa shape index (κ1) is 21.6. The normalized spacial score (nSPS) is 38.7. The second-order valence-corrected chi connectivity index (χ2v) is 7.26. The molecule has 1 aromatic heterocycles. The summed E-state index contributed by atoms with van der Waals surface area (Å²) < 4.78 is 11.8. The fourth-order valence-electron chi connectivity index (χ4n) is 3.60. The van der Waals surface area contributed by atoms with E-state index < -0.39 is 72.2 Å². The molecule has 9 atom stereocenters. The fraction of sp³-hybridized carbons (Fsp3) is 0.688. The molecule has 29 heavy (non-hydrogen) atoms. The first-order valence-electron chi connectivity index (χ1n) is 8.86. The maximum absolute atomic E-state index is 12.0. The minimum absolute atomic E-state index is 0.0590. The molecule has 0 spiro atoms. The molecule has 0 bridgehead atoms. The van der Waals surface area contributed by atoms with Crippen LogP contribution in [-0.4, -0.2) is 89.8 Å². The molecule has 0 radical (unpaired) electrons. The number of rotatable bonds is 4. The Balaban J connectivity index is 1.82. The molecule has 0 saturated carbocycles. The van der Waals surface area contributed by atoms with Gasteiger partial charge in [-0.3, -0.25) is 14.3 Å². The van der Waals surface area contributed by atoms with Gasteiger partial charge in [0.1, 0.15) is 42.9 Å². The molecule has 2 saturated heterocycles. The van der Waals surface area contributed by atoms with Gasteiger partial charge in [0.15, 0.2) is 6.10 Å². The van der Waals surface area contributed by atoms with E-state index >= 15 is 0 Å². The Hall–Kier alpha value is -2.13. The summed E-state index contributed by atoms with van der Waals surface area (Å²) in [6.45, 7) is 1.49. The Bertz CT molecular complexity index is 884. The van der Waals surface area contributed by atoms with Gasteiger partial charge in [-0.1, -0.05) is 0 Å². The second kappa shape index (κ2) is 7.95. The number of hydrogen-bond acceptors (Lipinski definition) is 10. The van der Waals surface area contributed by atoms with Crippen LogP contribution in [0.15, 0.2) is 15.8 Å². The van der Waals surface area contributed by atoms with Gasteiger partial charge in [0.2, 0.25) is 0 Å². The third-order valence-corrected chi connectivity index (χ3v) is 5.23. The number of aromatic amines is 1. The lowest BCUT2D eigenvalue weighted by atomic mass is 9.89. The number of aliphatic hydroxyl groups excluding tert-OH is 4. The van der Waals surface area contributed by atoms with Gasteiger partial charge < -0.3 is 40.7 Å². The van der Waals surface area contributed by atoms with Crippen molar-refractivity contribution in [1.29, 1.82) is 0 Å². The van der Waals surface area contributed by atoms with Crippen LogP contribution in [-0.2, 0) is 14.3 Å². The molecule has 13 nitrogen and oxygen atoms in total. The number of aliphatic carboxylic acids is 1. The van der Waals surface area contributed by atoms with Crippen molar-refractivity contribution in [2.45, 2.75) is 68.3 Å². The molecule has 3 rings (SSSR count). The van der Waals surface area contributed by atoms with Crippen molar-refractivity contribution in [1.82, 2.24) is 9.55 Å². The molecule has 2 aliphatic rings. The average molecular weight is 417 g/mol. The fourth-order valence-corrected chi connectivity index (χ4v) is 3.60. The number of carbonyl (C=O) groups is 1. The molecule has 8 N–H and O–H groups in total. The highest BCUT2D eigenvalue weighted by atomic mass is 16.6. The van der Waals surface area contributed by atoms with Gasteiger partial charge in [0, 0.05) is 24.2 Å². The van der Waals surface area contributed by atoms with Gasteiger partial charge in [0.25, 0.3) is 5.56 Å². The molecule has 1 aromatic rings. The Morgan fingerprint density at radius 2 is 1.86 bits per heavy atom. The van der Waals surface area contributed by atoms with Crippen LogP contribution in [0.2, 0.25) is 0 Å². The van der Waals surface area contributed by atoms with Crippen molar-refractivity contribution < 1.29 is 39.8 Å². The number of aryl methyl sites for hydroxylation is 1. The zero-order valence-corrected chi connectivity index (χ0v) is 15.3.